The lowest BCUT2D eigenvalue weighted by molar-refractivity contribution is 0.225. The third-order valence-corrected chi connectivity index (χ3v) is 3.40. The van der Waals surface area contributed by atoms with Gasteiger partial charge < -0.3 is 15.7 Å². The Morgan fingerprint density at radius 3 is 2.30 bits per heavy atom. The number of hydrogen-bond acceptors (Lipinski definition) is 2. The Bertz CT molecular complexity index is 426. The van der Waals surface area contributed by atoms with Crippen molar-refractivity contribution in [2.45, 2.75) is 52.6 Å². The van der Waals surface area contributed by atoms with Gasteiger partial charge in [-0.1, -0.05) is 36.2 Å². The minimum Gasteiger partial charge on any atom is -0.396 e. The van der Waals surface area contributed by atoms with Gasteiger partial charge in [0.25, 0.3) is 0 Å². The van der Waals surface area contributed by atoms with Gasteiger partial charge in [0.1, 0.15) is 0 Å². The van der Waals surface area contributed by atoms with Crippen molar-refractivity contribution in [2.24, 2.45) is 0 Å². The van der Waals surface area contributed by atoms with Crippen molar-refractivity contribution < 1.29 is 9.90 Å². The fraction of sp³-hybridized carbons (Fsp3) is 0.562. The van der Waals surface area contributed by atoms with Crippen molar-refractivity contribution in [1.29, 1.82) is 0 Å². The first kappa shape index (κ1) is 16.5. The third-order valence-electron chi connectivity index (χ3n) is 3.40. The molecule has 1 rings (SSSR count). The van der Waals surface area contributed by atoms with E-state index in [-0.39, 0.29) is 24.7 Å². The lowest BCUT2D eigenvalue weighted by Gasteiger charge is -2.20. The predicted octanol–water partition coefficient (Wildman–Crippen LogP) is 2.82. The number of amides is 2. The Labute approximate surface area is 121 Å². The van der Waals surface area contributed by atoms with Crippen LogP contribution in [0.5, 0.6) is 0 Å². The second kappa shape index (κ2) is 7.90. The quantitative estimate of drug-likeness (QED) is 0.749. The highest BCUT2D eigenvalue weighted by Gasteiger charge is 2.13. The highest BCUT2D eigenvalue weighted by Crippen LogP contribution is 2.16. The fourth-order valence-corrected chi connectivity index (χ4v) is 2.30. The number of aliphatic hydroxyl groups is 1. The van der Waals surface area contributed by atoms with Gasteiger partial charge in [0, 0.05) is 12.6 Å². The number of aliphatic hydroxyl groups excluding tert-OH is 1. The molecule has 0 aliphatic heterocycles. The van der Waals surface area contributed by atoms with Crippen molar-refractivity contribution in [3.8, 4) is 0 Å². The molecular weight excluding hydrogens is 252 g/mol. The maximum Gasteiger partial charge on any atom is 0.315 e. The van der Waals surface area contributed by atoms with Crippen LogP contribution in [0.15, 0.2) is 18.2 Å². The standard InChI is InChI=1S/C16H26N2O2/c1-5-15(6-7-19)18-16(20)17-13(4)14-9-11(2)8-12(3)10-14/h8-10,13,15,19H,5-7H2,1-4H3,(H2,17,18,20). The molecule has 0 saturated carbocycles. The van der Waals surface area contributed by atoms with Gasteiger partial charge in [0.05, 0.1) is 6.04 Å². The van der Waals surface area contributed by atoms with Crippen LogP contribution in [0.1, 0.15) is 49.4 Å². The molecule has 4 nitrogen and oxygen atoms in total. The van der Waals surface area contributed by atoms with Crippen LogP contribution in [0, 0.1) is 13.8 Å². The van der Waals surface area contributed by atoms with Gasteiger partial charge in [-0.3, -0.25) is 0 Å². The summed E-state index contributed by atoms with van der Waals surface area (Å²) in [6, 6.07) is 6.08. The minimum atomic E-state index is -0.183. The molecule has 3 N–H and O–H groups in total. The number of carbonyl (C=O) groups excluding carboxylic acids is 1. The minimum absolute atomic E-state index is 0.0199. The molecule has 0 fully saturated rings. The molecule has 2 atom stereocenters. The summed E-state index contributed by atoms with van der Waals surface area (Å²) in [4.78, 5) is 11.9. The Morgan fingerprint density at radius 1 is 1.20 bits per heavy atom. The second-order valence-corrected chi connectivity index (χ2v) is 5.38. The zero-order valence-corrected chi connectivity index (χ0v) is 12.9. The largest absolute Gasteiger partial charge is 0.396 e. The normalized spacial score (nSPS) is 13.7. The zero-order chi connectivity index (χ0) is 15.1. The van der Waals surface area contributed by atoms with E-state index < -0.39 is 0 Å². The van der Waals surface area contributed by atoms with Gasteiger partial charge in [-0.05, 0) is 39.2 Å². The molecule has 0 radical (unpaired) electrons. The lowest BCUT2D eigenvalue weighted by atomic mass is 10.0. The van der Waals surface area contributed by atoms with E-state index in [9.17, 15) is 4.79 Å². The summed E-state index contributed by atoms with van der Waals surface area (Å²) in [5, 5.41) is 14.8. The van der Waals surface area contributed by atoms with Gasteiger partial charge in [0.15, 0.2) is 0 Å². The number of rotatable bonds is 6. The van der Waals surface area contributed by atoms with Crippen LogP contribution in [0.3, 0.4) is 0 Å². The van der Waals surface area contributed by atoms with Crippen molar-refractivity contribution >= 4 is 6.03 Å². The summed E-state index contributed by atoms with van der Waals surface area (Å²) < 4.78 is 0. The van der Waals surface area contributed by atoms with Gasteiger partial charge in [-0.2, -0.15) is 0 Å². The lowest BCUT2D eigenvalue weighted by Crippen LogP contribution is -2.43. The molecule has 4 heteroatoms. The maximum atomic E-state index is 11.9. The Balaban J connectivity index is 2.60. The molecule has 1 aromatic carbocycles. The van der Waals surface area contributed by atoms with Crippen LogP contribution in [0.2, 0.25) is 0 Å². The molecule has 0 aliphatic carbocycles. The molecule has 0 saturated heterocycles. The van der Waals surface area contributed by atoms with Gasteiger partial charge in [-0.25, -0.2) is 4.79 Å². The summed E-state index contributed by atoms with van der Waals surface area (Å²) >= 11 is 0. The molecule has 0 spiro atoms. The summed E-state index contributed by atoms with van der Waals surface area (Å²) in [6.07, 6.45) is 1.40. The number of carbonyl (C=O) groups is 1. The average Bonchev–Trinajstić information content (AvgIpc) is 2.36. The molecule has 0 heterocycles. The van der Waals surface area contributed by atoms with E-state index in [2.05, 4.69) is 42.7 Å². The average molecular weight is 278 g/mol. The summed E-state index contributed by atoms with van der Waals surface area (Å²) in [5.74, 6) is 0. The monoisotopic (exact) mass is 278 g/mol. The first-order chi connectivity index (χ1) is 9.46. The van der Waals surface area contributed by atoms with Crippen molar-refractivity contribution in [3.05, 3.63) is 34.9 Å². The van der Waals surface area contributed by atoms with E-state index in [1.165, 1.54) is 11.1 Å². The van der Waals surface area contributed by atoms with Crippen LogP contribution in [-0.2, 0) is 0 Å². The van der Waals surface area contributed by atoms with Crippen molar-refractivity contribution in [1.82, 2.24) is 10.6 Å². The number of benzene rings is 1. The van der Waals surface area contributed by atoms with Gasteiger partial charge >= 0.3 is 6.03 Å². The number of urea groups is 1. The van der Waals surface area contributed by atoms with Crippen LogP contribution in [0.25, 0.3) is 0 Å². The number of nitrogens with one attached hydrogen (secondary N) is 2. The fourth-order valence-electron chi connectivity index (χ4n) is 2.30. The number of aryl methyl sites for hydroxylation is 2. The summed E-state index contributed by atoms with van der Waals surface area (Å²) in [6.45, 7) is 8.16. The van der Waals surface area contributed by atoms with Crippen LogP contribution in [-0.4, -0.2) is 23.8 Å². The molecule has 0 aromatic heterocycles. The van der Waals surface area contributed by atoms with Crippen molar-refractivity contribution in [2.75, 3.05) is 6.61 Å². The molecule has 0 aliphatic rings. The summed E-state index contributed by atoms with van der Waals surface area (Å²) in [5.41, 5.74) is 3.49. The Hall–Kier alpha value is -1.55. The molecule has 0 bridgehead atoms. The SMILES string of the molecule is CCC(CCO)NC(=O)NC(C)c1cc(C)cc(C)c1. The van der Waals surface area contributed by atoms with E-state index in [1.54, 1.807) is 0 Å². The predicted molar refractivity (Wildman–Crippen MR) is 81.8 cm³/mol. The first-order valence-corrected chi connectivity index (χ1v) is 7.22. The van der Waals surface area contributed by atoms with E-state index in [0.29, 0.717) is 6.42 Å². The van der Waals surface area contributed by atoms with E-state index >= 15 is 0 Å². The summed E-state index contributed by atoms with van der Waals surface area (Å²) in [7, 11) is 0. The Kier molecular flexibility index (Phi) is 6.52. The first-order valence-electron chi connectivity index (χ1n) is 7.22. The highest BCUT2D eigenvalue weighted by molar-refractivity contribution is 5.74. The van der Waals surface area contributed by atoms with E-state index in [1.807, 2.05) is 13.8 Å². The highest BCUT2D eigenvalue weighted by atomic mass is 16.3. The number of hydrogen-bond donors (Lipinski definition) is 3. The zero-order valence-electron chi connectivity index (χ0n) is 12.9. The topological polar surface area (TPSA) is 61.4 Å². The molecule has 2 amide bonds. The third kappa shape index (κ3) is 5.21. The van der Waals surface area contributed by atoms with Crippen LogP contribution < -0.4 is 10.6 Å². The molecule has 1 aromatic rings. The molecule has 20 heavy (non-hydrogen) atoms. The van der Waals surface area contributed by atoms with E-state index in [4.69, 9.17) is 5.11 Å². The van der Waals surface area contributed by atoms with E-state index in [0.717, 1.165) is 12.0 Å². The van der Waals surface area contributed by atoms with Crippen LogP contribution in [0.4, 0.5) is 4.79 Å². The van der Waals surface area contributed by atoms with Gasteiger partial charge in [-0.15, -0.1) is 0 Å². The molecule has 2 unspecified atom stereocenters. The van der Waals surface area contributed by atoms with Crippen LogP contribution >= 0.6 is 0 Å². The van der Waals surface area contributed by atoms with Crippen molar-refractivity contribution in [3.63, 3.8) is 0 Å². The van der Waals surface area contributed by atoms with Gasteiger partial charge in [0.2, 0.25) is 0 Å². The smallest absolute Gasteiger partial charge is 0.315 e. The Morgan fingerprint density at radius 2 is 1.80 bits per heavy atom. The second-order valence-electron chi connectivity index (χ2n) is 5.38. The maximum absolute atomic E-state index is 11.9. The molecular formula is C16H26N2O2. The molecule has 112 valence electrons.